The molecule has 2 rings (SSSR count). The maximum absolute atomic E-state index is 13.4. The molecule has 7 N–H and O–H groups in total. The van der Waals surface area contributed by atoms with E-state index in [0.29, 0.717) is 64.6 Å². The fourth-order valence-corrected chi connectivity index (χ4v) is 4.41. The van der Waals surface area contributed by atoms with E-state index in [0.717, 1.165) is 0 Å². The van der Waals surface area contributed by atoms with E-state index in [9.17, 15) is 24.0 Å². The molecule has 34 heavy (non-hydrogen) atoms. The van der Waals surface area contributed by atoms with Crippen LogP contribution in [0.3, 0.4) is 0 Å². The molecule has 0 unspecified atom stereocenters. The number of aliphatic carboxylic acids is 1. The van der Waals surface area contributed by atoms with Gasteiger partial charge < -0.3 is 37.0 Å². The Kier molecular flexibility index (Phi) is 10.2. The van der Waals surface area contributed by atoms with Crippen molar-refractivity contribution in [3.8, 4) is 0 Å². The second-order valence-electron chi connectivity index (χ2n) is 9.08. The second-order valence-corrected chi connectivity index (χ2v) is 9.08. The van der Waals surface area contributed by atoms with Crippen molar-refractivity contribution in [3.05, 3.63) is 0 Å². The van der Waals surface area contributed by atoms with Crippen LogP contribution in [0.2, 0.25) is 0 Å². The summed E-state index contributed by atoms with van der Waals surface area (Å²) in [6.45, 7) is 4.09. The number of hydrogen-bond acceptors (Lipinski definition) is 7. The number of carboxylic acids is 1. The summed E-state index contributed by atoms with van der Waals surface area (Å²) < 4.78 is 0. The van der Waals surface area contributed by atoms with Crippen molar-refractivity contribution < 1.29 is 29.1 Å². The fraction of sp³-hybridized carbons (Fsp3) is 0.773. The van der Waals surface area contributed by atoms with Crippen LogP contribution in [-0.4, -0.2) is 94.3 Å². The molecule has 0 bridgehead atoms. The molecule has 12 heteroatoms. The monoisotopic (exact) mass is 482 g/mol. The van der Waals surface area contributed by atoms with Gasteiger partial charge in [-0.1, -0.05) is 0 Å². The Morgan fingerprint density at radius 2 is 1.59 bits per heavy atom. The maximum Gasteiger partial charge on any atom is 0.325 e. The van der Waals surface area contributed by atoms with E-state index in [-0.39, 0.29) is 11.8 Å². The van der Waals surface area contributed by atoms with Gasteiger partial charge in [-0.15, -0.1) is 0 Å². The molecule has 2 heterocycles. The molecule has 12 nitrogen and oxygen atoms in total. The van der Waals surface area contributed by atoms with E-state index in [1.807, 2.05) is 0 Å². The molecular formula is C22H38N6O6. The average Bonchev–Trinajstić information content (AvgIpc) is 3.47. The summed E-state index contributed by atoms with van der Waals surface area (Å²) >= 11 is 0. The second kappa shape index (κ2) is 12.7. The van der Waals surface area contributed by atoms with Crippen molar-refractivity contribution >= 4 is 29.6 Å². The number of rotatable bonds is 11. The van der Waals surface area contributed by atoms with E-state index in [1.165, 1.54) is 23.6 Å². The lowest BCUT2D eigenvalue weighted by atomic mass is 10.1. The van der Waals surface area contributed by atoms with Crippen molar-refractivity contribution in [3.63, 3.8) is 0 Å². The number of carbonyl (C=O) groups is 5. The topological polar surface area (TPSA) is 188 Å². The molecule has 5 atom stereocenters. The molecule has 0 spiro atoms. The number of nitrogens with zero attached hydrogens (tertiary/aromatic N) is 2. The smallest absolute Gasteiger partial charge is 0.325 e. The minimum atomic E-state index is -1.16. The molecule has 2 saturated heterocycles. The Morgan fingerprint density at radius 1 is 0.971 bits per heavy atom. The zero-order valence-electron chi connectivity index (χ0n) is 20.0. The molecule has 2 aliphatic rings. The van der Waals surface area contributed by atoms with Gasteiger partial charge in [-0.3, -0.25) is 24.0 Å². The fourth-order valence-electron chi connectivity index (χ4n) is 4.41. The van der Waals surface area contributed by atoms with Crippen LogP contribution in [0.5, 0.6) is 0 Å². The van der Waals surface area contributed by atoms with Crippen molar-refractivity contribution in [1.82, 2.24) is 20.4 Å². The Hall–Kier alpha value is -2.73. The molecule has 0 aromatic carbocycles. The standard InChI is InChI=1S/C22H38N6O6/c1-13(24)18(29)26-15(7-3-4-10-23)20(31)28-12-6-9-17(28)21(32)27-11-5-8-16(27)19(30)25-14(2)22(33)34/h13-17H,3-12,23-24H2,1-2H3,(H,25,30)(H,26,29)(H,33,34)/t13-,14-,15-,16-,17-/m0/s1. The van der Waals surface area contributed by atoms with Crippen LogP contribution < -0.4 is 22.1 Å². The van der Waals surface area contributed by atoms with Gasteiger partial charge >= 0.3 is 5.97 Å². The summed E-state index contributed by atoms with van der Waals surface area (Å²) in [7, 11) is 0. The highest BCUT2D eigenvalue weighted by atomic mass is 16.4. The summed E-state index contributed by atoms with van der Waals surface area (Å²) in [5.74, 6) is -2.80. The van der Waals surface area contributed by atoms with E-state index in [4.69, 9.17) is 16.6 Å². The third-order valence-corrected chi connectivity index (χ3v) is 6.36. The lowest BCUT2D eigenvalue weighted by Gasteiger charge is -2.33. The van der Waals surface area contributed by atoms with Gasteiger partial charge in [0.05, 0.1) is 6.04 Å². The van der Waals surface area contributed by atoms with Gasteiger partial charge in [0.25, 0.3) is 0 Å². The van der Waals surface area contributed by atoms with Gasteiger partial charge in [0.1, 0.15) is 24.2 Å². The van der Waals surface area contributed by atoms with Gasteiger partial charge in [0.15, 0.2) is 0 Å². The maximum atomic E-state index is 13.4. The third-order valence-electron chi connectivity index (χ3n) is 6.36. The number of hydrogen-bond donors (Lipinski definition) is 5. The summed E-state index contributed by atoms with van der Waals surface area (Å²) in [5.41, 5.74) is 11.2. The zero-order chi connectivity index (χ0) is 25.4. The molecule has 0 radical (unpaired) electrons. The van der Waals surface area contributed by atoms with Crippen LogP contribution in [-0.2, 0) is 24.0 Å². The minimum Gasteiger partial charge on any atom is -0.480 e. The lowest BCUT2D eigenvalue weighted by Crippen LogP contribution is -2.57. The van der Waals surface area contributed by atoms with E-state index < -0.39 is 48.0 Å². The van der Waals surface area contributed by atoms with Crippen LogP contribution in [0.4, 0.5) is 0 Å². The van der Waals surface area contributed by atoms with Crippen LogP contribution in [0, 0.1) is 0 Å². The molecule has 0 aromatic rings. The third kappa shape index (κ3) is 6.89. The summed E-state index contributed by atoms with van der Waals surface area (Å²) in [5, 5.41) is 14.2. The highest BCUT2D eigenvalue weighted by Gasteiger charge is 2.43. The highest BCUT2D eigenvalue weighted by Crippen LogP contribution is 2.26. The van der Waals surface area contributed by atoms with Crippen molar-refractivity contribution in [2.45, 2.75) is 89.0 Å². The first-order valence-electron chi connectivity index (χ1n) is 12.0. The zero-order valence-corrected chi connectivity index (χ0v) is 20.0. The Balaban J connectivity index is 2.13. The lowest BCUT2D eigenvalue weighted by molar-refractivity contribution is -0.148. The number of amides is 4. The van der Waals surface area contributed by atoms with E-state index in [2.05, 4.69) is 10.6 Å². The molecule has 2 fully saturated rings. The number of likely N-dealkylation sites (tertiary alicyclic amines) is 2. The van der Waals surface area contributed by atoms with Crippen molar-refractivity contribution in [2.24, 2.45) is 11.5 Å². The molecule has 192 valence electrons. The molecule has 0 aromatic heterocycles. The highest BCUT2D eigenvalue weighted by molar-refractivity contribution is 5.96. The first kappa shape index (κ1) is 27.5. The van der Waals surface area contributed by atoms with Crippen LogP contribution in [0.25, 0.3) is 0 Å². The SMILES string of the molecule is C[C@H](N)C(=O)N[C@@H](CCCCN)C(=O)N1CCC[C@H]1C(=O)N1CCC[C@H]1C(=O)N[C@@H](C)C(=O)O. The van der Waals surface area contributed by atoms with E-state index >= 15 is 0 Å². The van der Waals surface area contributed by atoms with Gasteiger partial charge in [-0.2, -0.15) is 0 Å². The number of nitrogens with one attached hydrogen (secondary N) is 2. The first-order valence-corrected chi connectivity index (χ1v) is 12.0. The van der Waals surface area contributed by atoms with Crippen LogP contribution in [0.1, 0.15) is 58.8 Å². The molecule has 2 aliphatic heterocycles. The molecule has 0 aliphatic carbocycles. The van der Waals surface area contributed by atoms with Crippen molar-refractivity contribution in [2.75, 3.05) is 19.6 Å². The summed E-state index contributed by atoms with van der Waals surface area (Å²) in [6, 6.07) is -4.17. The van der Waals surface area contributed by atoms with Gasteiger partial charge in [-0.25, -0.2) is 0 Å². The average molecular weight is 483 g/mol. The molecule has 0 saturated carbocycles. The Labute approximate surface area is 199 Å². The van der Waals surface area contributed by atoms with Gasteiger partial charge in [0.2, 0.25) is 23.6 Å². The van der Waals surface area contributed by atoms with Crippen molar-refractivity contribution in [1.29, 1.82) is 0 Å². The number of unbranched alkanes of at least 4 members (excludes halogenated alkanes) is 1. The molecular weight excluding hydrogens is 444 g/mol. The summed E-state index contributed by atoms with van der Waals surface area (Å²) in [4.78, 5) is 65.7. The number of carboxylic acid groups (broad SMARTS) is 1. The van der Waals surface area contributed by atoms with Gasteiger partial charge in [-0.05, 0) is 65.3 Å². The van der Waals surface area contributed by atoms with Gasteiger partial charge in [0, 0.05) is 13.1 Å². The predicted molar refractivity (Wildman–Crippen MR) is 123 cm³/mol. The normalized spacial score (nSPS) is 22.7. The quantitative estimate of drug-likeness (QED) is 0.220. The number of nitrogens with two attached hydrogens (primary N) is 2. The minimum absolute atomic E-state index is 0.328. The largest absolute Gasteiger partial charge is 0.480 e. The Morgan fingerprint density at radius 3 is 2.18 bits per heavy atom. The van der Waals surface area contributed by atoms with E-state index in [1.54, 1.807) is 0 Å². The summed E-state index contributed by atoms with van der Waals surface area (Å²) in [6.07, 6.45) is 3.83. The first-order chi connectivity index (χ1) is 16.1. The Bertz CT molecular complexity index is 775. The predicted octanol–water partition coefficient (Wildman–Crippen LogP) is -1.48. The van der Waals surface area contributed by atoms with Crippen LogP contribution >= 0.6 is 0 Å². The number of carbonyl (C=O) groups excluding carboxylic acids is 4. The molecule has 4 amide bonds. The van der Waals surface area contributed by atoms with Crippen LogP contribution in [0.15, 0.2) is 0 Å².